The third-order valence-corrected chi connectivity index (χ3v) is 8.13. The molecular weight excluding hydrogens is 586 g/mol. The van der Waals surface area contributed by atoms with Crippen molar-refractivity contribution in [1.82, 2.24) is 9.66 Å². The van der Waals surface area contributed by atoms with Crippen LogP contribution in [0.3, 0.4) is 0 Å². The maximum atomic E-state index is 13.9. The van der Waals surface area contributed by atoms with Crippen molar-refractivity contribution in [3.05, 3.63) is 130 Å². The van der Waals surface area contributed by atoms with Gasteiger partial charge in [0.15, 0.2) is 17.3 Å². The van der Waals surface area contributed by atoms with Gasteiger partial charge in [-0.2, -0.15) is 9.78 Å². The van der Waals surface area contributed by atoms with E-state index in [1.54, 1.807) is 12.3 Å². The molecule has 0 N–H and O–H groups in total. The van der Waals surface area contributed by atoms with E-state index in [0.717, 1.165) is 39.0 Å². The quantitative estimate of drug-likeness (QED) is 0.134. The highest BCUT2D eigenvalue weighted by atomic mass is 16.5. The Labute approximate surface area is 275 Å². The fourth-order valence-corrected chi connectivity index (χ4v) is 5.77. The van der Waals surface area contributed by atoms with Gasteiger partial charge in [0.2, 0.25) is 0 Å². The minimum atomic E-state index is -0.249. The zero-order valence-corrected chi connectivity index (χ0v) is 27.5. The molecule has 0 fully saturated rings. The predicted molar refractivity (Wildman–Crippen MR) is 190 cm³/mol. The van der Waals surface area contributed by atoms with Crippen LogP contribution in [-0.4, -0.2) is 29.1 Å². The Bertz CT molecular complexity index is 2140. The van der Waals surface area contributed by atoms with Crippen LogP contribution < -0.4 is 19.8 Å². The first-order valence-electron chi connectivity index (χ1n) is 16.1. The van der Waals surface area contributed by atoms with Crippen LogP contribution in [0, 0.1) is 6.92 Å². The zero-order chi connectivity index (χ0) is 32.9. The molecule has 7 nitrogen and oxygen atoms in total. The average molecular weight is 626 g/mol. The number of benzene rings is 5. The molecule has 6 aromatic rings. The number of aromatic nitrogens is 2. The van der Waals surface area contributed by atoms with Gasteiger partial charge in [0, 0.05) is 5.56 Å². The Morgan fingerprint density at radius 2 is 1.51 bits per heavy atom. The molecule has 7 heteroatoms. The molecule has 0 saturated heterocycles. The number of ether oxygens (including phenoxy) is 3. The summed E-state index contributed by atoms with van der Waals surface area (Å²) in [6.07, 6.45) is 1.66. The summed E-state index contributed by atoms with van der Waals surface area (Å²) in [4.78, 5) is 18.9. The second-order valence-corrected chi connectivity index (χ2v) is 11.7. The maximum absolute atomic E-state index is 13.9. The van der Waals surface area contributed by atoms with Crippen molar-refractivity contribution >= 4 is 27.9 Å². The van der Waals surface area contributed by atoms with Crippen LogP contribution in [0.25, 0.3) is 33.1 Å². The van der Waals surface area contributed by atoms with Gasteiger partial charge in [0.1, 0.15) is 12.4 Å². The second-order valence-electron chi connectivity index (χ2n) is 11.7. The van der Waals surface area contributed by atoms with Gasteiger partial charge in [-0.15, -0.1) is 0 Å². The van der Waals surface area contributed by atoms with Crippen LogP contribution in [0.15, 0.2) is 107 Å². The Morgan fingerprint density at radius 3 is 2.30 bits per heavy atom. The molecule has 0 saturated carbocycles. The molecule has 0 spiro atoms. The fraction of sp³-hybridized carbons (Fsp3) is 0.225. The molecule has 5 aromatic carbocycles. The molecule has 0 amide bonds. The van der Waals surface area contributed by atoms with E-state index in [0.29, 0.717) is 48.0 Å². The van der Waals surface area contributed by atoms with E-state index in [1.807, 2.05) is 81.4 Å². The Balaban J connectivity index is 1.38. The van der Waals surface area contributed by atoms with Gasteiger partial charge in [-0.25, -0.2) is 4.98 Å². The Hall–Kier alpha value is -5.43. The topological polar surface area (TPSA) is 74.9 Å². The molecule has 1 heterocycles. The summed E-state index contributed by atoms with van der Waals surface area (Å²) < 4.78 is 19.6. The summed E-state index contributed by atoms with van der Waals surface area (Å²) in [5.41, 5.74) is 5.02. The lowest BCUT2D eigenvalue weighted by molar-refractivity contribution is 0.270. The van der Waals surface area contributed by atoms with Gasteiger partial charge in [-0.05, 0) is 102 Å². The van der Waals surface area contributed by atoms with Crippen LogP contribution >= 0.6 is 0 Å². The fourth-order valence-electron chi connectivity index (χ4n) is 5.77. The van der Waals surface area contributed by atoms with E-state index in [4.69, 9.17) is 24.3 Å². The molecule has 0 atom stereocenters. The Morgan fingerprint density at radius 1 is 0.787 bits per heavy atom. The second kappa shape index (κ2) is 13.9. The molecule has 0 aliphatic heterocycles. The monoisotopic (exact) mass is 625 g/mol. The van der Waals surface area contributed by atoms with Gasteiger partial charge < -0.3 is 14.2 Å². The first-order valence-corrected chi connectivity index (χ1v) is 16.1. The standard InChI is InChI=1S/C40H39N3O4/c1-6-45-37-21-27(5)34(23-33(37)26(3)4)39-42-35-18-11-10-17-32(35)40(44)43(39)41-24-28-19-20-36(38(22-28)46-7-2)47-25-30-15-12-14-29-13-8-9-16-31(29)30/h8-24,26H,6-7,25H2,1-5H3. The highest BCUT2D eigenvalue weighted by Gasteiger charge is 2.19. The maximum Gasteiger partial charge on any atom is 0.282 e. The van der Waals surface area contributed by atoms with Crippen molar-refractivity contribution in [2.45, 2.75) is 47.1 Å². The minimum Gasteiger partial charge on any atom is -0.494 e. The Kier molecular flexibility index (Phi) is 9.34. The molecule has 47 heavy (non-hydrogen) atoms. The molecule has 6 rings (SSSR count). The third-order valence-electron chi connectivity index (χ3n) is 8.13. The molecule has 0 unspecified atom stereocenters. The SMILES string of the molecule is CCOc1cc(C=Nn2c(-c3cc(C(C)C)c(OCC)cc3C)nc3ccccc3c2=O)ccc1OCc1cccc2ccccc12. The smallest absolute Gasteiger partial charge is 0.282 e. The summed E-state index contributed by atoms with van der Waals surface area (Å²) in [5.74, 6) is 2.75. The lowest BCUT2D eigenvalue weighted by Gasteiger charge is -2.18. The van der Waals surface area contributed by atoms with Gasteiger partial charge in [0.05, 0.1) is 30.3 Å². The summed E-state index contributed by atoms with van der Waals surface area (Å²) in [6.45, 7) is 11.6. The van der Waals surface area contributed by atoms with Crippen molar-refractivity contribution in [3.8, 4) is 28.6 Å². The number of fused-ring (bicyclic) bond motifs is 2. The summed E-state index contributed by atoms with van der Waals surface area (Å²) in [7, 11) is 0. The highest BCUT2D eigenvalue weighted by molar-refractivity contribution is 5.86. The van der Waals surface area contributed by atoms with E-state index < -0.39 is 0 Å². The van der Waals surface area contributed by atoms with Gasteiger partial charge in [-0.3, -0.25) is 4.79 Å². The van der Waals surface area contributed by atoms with Crippen molar-refractivity contribution in [1.29, 1.82) is 0 Å². The van der Waals surface area contributed by atoms with Crippen LogP contribution in [0.4, 0.5) is 0 Å². The summed E-state index contributed by atoms with van der Waals surface area (Å²) in [5, 5.41) is 7.55. The number of rotatable bonds is 11. The van der Waals surface area contributed by atoms with E-state index in [-0.39, 0.29) is 11.5 Å². The molecule has 0 radical (unpaired) electrons. The van der Waals surface area contributed by atoms with Crippen molar-refractivity contribution in [2.75, 3.05) is 13.2 Å². The van der Waals surface area contributed by atoms with E-state index in [2.05, 4.69) is 44.2 Å². The van der Waals surface area contributed by atoms with Gasteiger partial charge in [0.25, 0.3) is 5.56 Å². The predicted octanol–water partition coefficient (Wildman–Crippen LogP) is 8.91. The first kappa shape index (κ1) is 31.5. The number of para-hydroxylation sites is 1. The highest BCUT2D eigenvalue weighted by Crippen LogP contribution is 2.35. The van der Waals surface area contributed by atoms with Crippen molar-refractivity contribution < 1.29 is 14.2 Å². The number of aryl methyl sites for hydroxylation is 1. The first-order chi connectivity index (χ1) is 22.9. The van der Waals surface area contributed by atoms with E-state index >= 15 is 0 Å². The summed E-state index contributed by atoms with van der Waals surface area (Å²) in [6, 6.07) is 31.6. The average Bonchev–Trinajstić information content (AvgIpc) is 3.07. The van der Waals surface area contributed by atoms with Crippen LogP contribution in [-0.2, 0) is 6.61 Å². The molecule has 0 aliphatic carbocycles. The van der Waals surface area contributed by atoms with Crippen molar-refractivity contribution in [3.63, 3.8) is 0 Å². The van der Waals surface area contributed by atoms with E-state index in [9.17, 15) is 4.79 Å². The van der Waals surface area contributed by atoms with E-state index in [1.165, 1.54) is 10.1 Å². The van der Waals surface area contributed by atoms with Crippen LogP contribution in [0.2, 0.25) is 0 Å². The van der Waals surface area contributed by atoms with Gasteiger partial charge in [-0.1, -0.05) is 68.4 Å². The zero-order valence-electron chi connectivity index (χ0n) is 27.5. The van der Waals surface area contributed by atoms with Gasteiger partial charge >= 0.3 is 0 Å². The molecule has 0 aliphatic rings. The molecule has 1 aromatic heterocycles. The largest absolute Gasteiger partial charge is 0.494 e. The lowest BCUT2D eigenvalue weighted by atomic mass is 9.96. The molecule has 0 bridgehead atoms. The molecule has 238 valence electrons. The number of nitrogens with zero attached hydrogens (tertiary/aromatic N) is 3. The minimum absolute atomic E-state index is 0.207. The normalized spacial score (nSPS) is 11.5. The molecular formula is C40H39N3O4. The van der Waals surface area contributed by atoms with Crippen LogP contribution in [0.1, 0.15) is 55.9 Å². The number of hydrogen-bond donors (Lipinski definition) is 0. The number of hydrogen-bond acceptors (Lipinski definition) is 6. The van der Waals surface area contributed by atoms with Crippen molar-refractivity contribution in [2.24, 2.45) is 5.10 Å². The third kappa shape index (κ3) is 6.61. The lowest BCUT2D eigenvalue weighted by Crippen LogP contribution is -2.21. The summed E-state index contributed by atoms with van der Waals surface area (Å²) >= 11 is 0. The van der Waals surface area contributed by atoms with Crippen LogP contribution in [0.5, 0.6) is 17.2 Å².